The van der Waals surface area contributed by atoms with Crippen LogP contribution in [-0.2, 0) is 21.3 Å². The average molecular weight is 416 g/mol. The lowest BCUT2D eigenvalue weighted by Crippen LogP contribution is -2.12. The summed E-state index contributed by atoms with van der Waals surface area (Å²) in [5, 5.41) is 5.66. The standard InChI is InChI=1S/C20H20N2O6S/c1-3-28-20(24)19-16-10-14(27-2)6-9-17(16)22(18(19)12-23)11-13-4-7-15(8-5-13)29(21,25)26/h4-10,12H,3,11H2,1-2H3,(H2,21,25,26). The molecule has 0 aliphatic heterocycles. The first-order valence-corrected chi connectivity index (χ1v) is 10.3. The van der Waals surface area contributed by atoms with Crippen LogP contribution in [0.15, 0.2) is 47.4 Å². The van der Waals surface area contributed by atoms with Crippen molar-refractivity contribution < 1.29 is 27.5 Å². The molecule has 0 bridgehead atoms. The van der Waals surface area contributed by atoms with E-state index in [1.54, 1.807) is 41.8 Å². The van der Waals surface area contributed by atoms with Crippen LogP contribution in [0.2, 0.25) is 0 Å². The van der Waals surface area contributed by atoms with Crippen molar-refractivity contribution in [3.63, 3.8) is 0 Å². The number of carbonyl (C=O) groups is 2. The van der Waals surface area contributed by atoms with E-state index in [4.69, 9.17) is 14.6 Å². The number of benzene rings is 2. The second kappa shape index (κ2) is 8.06. The van der Waals surface area contributed by atoms with E-state index < -0.39 is 16.0 Å². The molecule has 1 heterocycles. The molecule has 2 aromatic carbocycles. The maximum atomic E-state index is 12.5. The molecule has 0 fully saturated rings. The van der Waals surface area contributed by atoms with Crippen LogP contribution in [0.25, 0.3) is 10.9 Å². The second-order valence-electron chi connectivity index (χ2n) is 6.26. The number of nitrogens with zero attached hydrogens (tertiary/aromatic N) is 1. The third-order valence-electron chi connectivity index (χ3n) is 4.49. The number of esters is 1. The van der Waals surface area contributed by atoms with Gasteiger partial charge >= 0.3 is 5.97 Å². The van der Waals surface area contributed by atoms with Crippen molar-refractivity contribution in [2.24, 2.45) is 5.14 Å². The SMILES string of the molecule is CCOC(=O)c1c(C=O)n(Cc2ccc(S(N)(=O)=O)cc2)c2ccc(OC)cc12. The molecule has 1 aromatic heterocycles. The van der Waals surface area contributed by atoms with Crippen LogP contribution < -0.4 is 9.88 Å². The van der Waals surface area contributed by atoms with Gasteiger partial charge in [0.25, 0.3) is 0 Å². The Bertz CT molecular complexity index is 1180. The highest BCUT2D eigenvalue weighted by molar-refractivity contribution is 7.89. The van der Waals surface area contributed by atoms with E-state index in [9.17, 15) is 18.0 Å². The molecule has 0 atom stereocenters. The van der Waals surface area contributed by atoms with Crippen molar-refractivity contribution in [3.8, 4) is 5.75 Å². The molecule has 0 aliphatic rings. The molecule has 0 amide bonds. The van der Waals surface area contributed by atoms with Gasteiger partial charge in [0.05, 0.1) is 35.4 Å². The van der Waals surface area contributed by atoms with Gasteiger partial charge in [0, 0.05) is 11.9 Å². The molecule has 3 rings (SSSR count). The van der Waals surface area contributed by atoms with Crippen LogP contribution >= 0.6 is 0 Å². The maximum Gasteiger partial charge on any atom is 0.341 e. The van der Waals surface area contributed by atoms with Gasteiger partial charge in [-0.25, -0.2) is 18.4 Å². The Morgan fingerprint density at radius 1 is 1.17 bits per heavy atom. The molecule has 0 saturated carbocycles. The lowest BCUT2D eigenvalue weighted by molar-refractivity contribution is 0.0526. The van der Waals surface area contributed by atoms with E-state index in [-0.39, 0.29) is 29.3 Å². The molecule has 8 nitrogen and oxygen atoms in total. The van der Waals surface area contributed by atoms with Gasteiger partial charge in [0.15, 0.2) is 6.29 Å². The minimum absolute atomic E-state index is 0.00817. The Morgan fingerprint density at radius 2 is 1.86 bits per heavy atom. The Morgan fingerprint density at radius 3 is 2.41 bits per heavy atom. The number of primary sulfonamides is 1. The van der Waals surface area contributed by atoms with E-state index in [0.717, 1.165) is 5.56 Å². The third-order valence-corrected chi connectivity index (χ3v) is 5.42. The molecule has 0 spiro atoms. The van der Waals surface area contributed by atoms with Gasteiger partial charge < -0.3 is 14.0 Å². The van der Waals surface area contributed by atoms with Crippen molar-refractivity contribution >= 4 is 33.2 Å². The van der Waals surface area contributed by atoms with Gasteiger partial charge in [-0.05, 0) is 42.8 Å². The number of hydrogen-bond donors (Lipinski definition) is 1. The summed E-state index contributed by atoms with van der Waals surface area (Å²) in [6, 6.07) is 11.2. The highest BCUT2D eigenvalue weighted by atomic mass is 32.2. The van der Waals surface area contributed by atoms with E-state index in [0.29, 0.717) is 22.9 Å². The van der Waals surface area contributed by atoms with E-state index in [2.05, 4.69) is 0 Å². The van der Waals surface area contributed by atoms with Crippen LogP contribution in [0.1, 0.15) is 33.3 Å². The zero-order valence-corrected chi connectivity index (χ0v) is 16.7. The van der Waals surface area contributed by atoms with Crippen LogP contribution in [0.4, 0.5) is 0 Å². The van der Waals surface area contributed by atoms with Gasteiger partial charge in [-0.3, -0.25) is 4.79 Å². The largest absolute Gasteiger partial charge is 0.497 e. The van der Waals surface area contributed by atoms with Crippen molar-refractivity contribution in [2.45, 2.75) is 18.4 Å². The molecule has 9 heteroatoms. The Hall–Kier alpha value is -3.17. The quantitative estimate of drug-likeness (QED) is 0.467. The van der Waals surface area contributed by atoms with Gasteiger partial charge in [0.2, 0.25) is 10.0 Å². The number of aromatic nitrogens is 1. The fraction of sp³-hybridized carbons (Fsp3) is 0.200. The zero-order valence-electron chi connectivity index (χ0n) is 15.9. The normalized spacial score (nSPS) is 11.4. The third kappa shape index (κ3) is 4.01. The predicted molar refractivity (Wildman–Crippen MR) is 107 cm³/mol. The molecule has 29 heavy (non-hydrogen) atoms. The summed E-state index contributed by atoms with van der Waals surface area (Å²) in [7, 11) is -2.29. The van der Waals surface area contributed by atoms with Gasteiger partial charge in [-0.15, -0.1) is 0 Å². The molecule has 3 aromatic rings. The van der Waals surface area contributed by atoms with E-state index >= 15 is 0 Å². The molecule has 2 N–H and O–H groups in total. The number of fused-ring (bicyclic) bond motifs is 1. The molecule has 0 saturated heterocycles. The summed E-state index contributed by atoms with van der Waals surface area (Å²) < 4.78 is 34.9. The molecule has 152 valence electrons. The predicted octanol–water partition coefficient (Wildman–Crippen LogP) is 2.33. The smallest absolute Gasteiger partial charge is 0.341 e. The summed E-state index contributed by atoms with van der Waals surface area (Å²) in [5.74, 6) is -0.0636. The highest BCUT2D eigenvalue weighted by Crippen LogP contribution is 2.30. The number of ether oxygens (including phenoxy) is 2. The Labute approximate surface area is 167 Å². The number of aldehydes is 1. The monoisotopic (exact) mass is 416 g/mol. The minimum atomic E-state index is -3.80. The van der Waals surface area contributed by atoms with Gasteiger partial charge in [-0.2, -0.15) is 0 Å². The number of methoxy groups -OCH3 is 1. The van der Waals surface area contributed by atoms with Crippen LogP contribution in [0.3, 0.4) is 0 Å². The number of carbonyl (C=O) groups excluding carboxylic acids is 2. The lowest BCUT2D eigenvalue weighted by atomic mass is 10.1. The van der Waals surface area contributed by atoms with Crippen molar-refractivity contribution in [1.82, 2.24) is 4.57 Å². The number of rotatable bonds is 7. The Kier molecular flexibility index (Phi) is 5.71. The lowest BCUT2D eigenvalue weighted by Gasteiger charge is -2.09. The first-order valence-electron chi connectivity index (χ1n) is 8.74. The zero-order chi connectivity index (χ0) is 21.2. The first kappa shape index (κ1) is 20.6. The average Bonchev–Trinajstić information content (AvgIpc) is 3.00. The second-order valence-corrected chi connectivity index (χ2v) is 7.82. The van der Waals surface area contributed by atoms with Crippen molar-refractivity contribution in [3.05, 3.63) is 59.3 Å². The number of nitrogens with two attached hydrogens (primary N) is 1. The summed E-state index contributed by atoms with van der Waals surface area (Å²) in [6.07, 6.45) is 0.609. The highest BCUT2D eigenvalue weighted by Gasteiger charge is 2.24. The van der Waals surface area contributed by atoms with Crippen molar-refractivity contribution in [2.75, 3.05) is 13.7 Å². The van der Waals surface area contributed by atoms with Crippen LogP contribution in [-0.4, -0.2) is 39.0 Å². The molecular formula is C20H20N2O6S. The molecule has 0 aliphatic carbocycles. The Balaban J connectivity index is 2.16. The van der Waals surface area contributed by atoms with Gasteiger partial charge in [0.1, 0.15) is 5.75 Å². The number of hydrogen-bond acceptors (Lipinski definition) is 6. The summed E-state index contributed by atoms with van der Waals surface area (Å²) in [6.45, 7) is 2.09. The van der Waals surface area contributed by atoms with E-state index in [1.165, 1.54) is 19.2 Å². The minimum Gasteiger partial charge on any atom is -0.497 e. The van der Waals surface area contributed by atoms with Gasteiger partial charge in [-0.1, -0.05) is 12.1 Å². The maximum absolute atomic E-state index is 12.5. The fourth-order valence-corrected chi connectivity index (χ4v) is 3.67. The topological polar surface area (TPSA) is 118 Å². The molecule has 0 unspecified atom stereocenters. The van der Waals surface area contributed by atoms with E-state index in [1.807, 2.05) is 0 Å². The fourth-order valence-electron chi connectivity index (χ4n) is 3.16. The van der Waals surface area contributed by atoms with Crippen molar-refractivity contribution in [1.29, 1.82) is 0 Å². The number of sulfonamides is 1. The van der Waals surface area contributed by atoms with Crippen LogP contribution in [0.5, 0.6) is 5.75 Å². The van der Waals surface area contributed by atoms with Crippen LogP contribution in [0, 0.1) is 0 Å². The molecule has 0 radical (unpaired) electrons. The summed E-state index contributed by atoms with van der Waals surface area (Å²) >= 11 is 0. The first-order chi connectivity index (χ1) is 13.8. The summed E-state index contributed by atoms with van der Waals surface area (Å²) in [4.78, 5) is 24.4. The summed E-state index contributed by atoms with van der Waals surface area (Å²) in [5.41, 5.74) is 1.70. The molecular weight excluding hydrogens is 396 g/mol.